The molecular formula is C16H26N2S. The number of thioether (sulfide) groups is 1. The quantitative estimate of drug-likeness (QED) is 0.860. The Balaban J connectivity index is 1.90. The summed E-state index contributed by atoms with van der Waals surface area (Å²) in [4.78, 5) is 2.64. The van der Waals surface area contributed by atoms with E-state index >= 15 is 0 Å². The summed E-state index contributed by atoms with van der Waals surface area (Å²) in [6.07, 6.45) is 1.20. The van der Waals surface area contributed by atoms with Crippen molar-refractivity contribution in [3.05, 3.63) is 35.9 Å². The van der Waals surface area contributed by atoms with Crippen molar-refractivity contribution in [3.63, 3.8) is 0 Å². The van der Waals surface area contributed by atoms with Gasteiger partial charge < -0.3 is 5.32 Å². The fourth-order valence-corrected chi connectivity index (χ4v) is 3.79. The summed E-state index contributed by atoms with van der Waals surface area (Å²) in [5.41, 5.74) is 1.42. The largest absolute Gasteiger partial charge is 0.310 e. The Morgan fingerprint density at radius 1 is 1.37 bits per heavy atom. The predicted molar refractivity (Wildman–Crippen MR) is 85.8 cm³/mol. The minimum absolute atomic E-state index is 0.493. The maximum absolute atomic E-state index is 3.62. The molecule has 0 radical (unpaired) electrons. The van der Waals surface area contributed by atoms with E-state index < -0.39 is 0 Å². The molecule has 0 saturated carbocycles. The molecule has 0 aromatic heterocycles. The molecule has 3 heteroatoms. The minimum atomic E-state index is 0.493. The third-order valence-corrected chi connectivity index (χ3v) is 5.05. The number of nitrogens with one attached hydrogen (secondary N) is 1. The minimum Gasteiger partial charge on any atom is -0.310 e. The van der Waals surface area contributed by atoms with Crippen molar-refractivity contribution in [1.82, 2.24) is 10.2 Å². The molecule has 1 saturated heterocycles. The molecule has 2 atom stereocenters. The molecule has 2 unspecified atom stereocenters. The van der Waals surface area contributed by atoms with Crippen LogP contribution in [-0.4, -0.2) is 42.1 Å². The summed E-state index contributed by atoms with van der Waals surface area (Å²) >= 11 is 2.09. The maximum atomic E-state index is 3.62. The number of hydrogen-bond acceptors (Lipinski definition) is 3. The zero-order valence-electron chi connectivity index (χ0n) is 12.1. The summed E-state index contributed by atoms with van der Waals surface area (Å²) in [5, 5.41) is 3.62. The van der Waals surface area contributed by atoms with Crippen molar-refractivity contribution in [2.75, 3.05) is 31.1 Å². The molecule has 106 valence electrons. The number of benzene rings is 1. The van der Waals surface area contributed by atoms with Gasteiger partial charge in [0, 0.05) is 36.7 Å². The lowest BCUT2D eigenvalue weighted by Crippen LogP contribution is -2.41. The lowest BCUT2D eigenvalue weighted by Gasteiger charge is -2.34. The number of nitrogens with zero attached hydrogens (tertiary/aromatic N) is 1. The van der Waals surface area contributed by atoms with Crippen molar-refractivity contribution >= 4 is 11.8 Å². The molecule has 1 aliphatic heterocycles. The van der Waals surface area contributed by atoms with Crippen molar-refractivity contribution in [2.24, 2.45) is 0 Å². The highest BCUT2D eigenvalue weighted by Crippen LogP contribution is 2.20. The molecule has 0 amide bonds. The highest BCUT2D eigenvalue weighted by Gasteiger charge is 2.19. The average Bonchev–Trinajstić information content (AvgIpc) is 2.46. The van der Waals surface area contributed by atoms with Gasteiger partial charge in [-0.25, -0.2) is 0 Å². The first kappa shape index (κ1) is 14.9. The van der Waals surface area contributed by atoms with E-state index in [4.69, 9.17) is 0 Å². The Morgan fingerprint density at radius 3 is 2.84 bits per heavy atom. The summed E-state index contributed by atoms with van der Waals surface area (Å²) in [6, 6.07) is 12.1. The van der Waals surface area contributed by atoms with Gasteiger partial charge in [0.05, 0.1) is 0 Å². The Labute approximate surface area is 122 Å². The zero-order valence-corrected chi connectivity index (χ0v) is 13.0. The van der Waals surface area contributed by atoms with Crippen LogP contribution in [0.25, 0.3) is 0 Å². The van der Waals surface area contributed by atoms with Gasteiger partial charge in [-0.2, -0.15) is 11.8 Å². The van der Waals surface area contributed by atoms with Crippen LogP contribution in [0.1, 0.15) is 31.9 Å². The molecular weight excluding hydrogens is 252 g/mol. The molecule has 1 N–H and O–H groups in total. The fourth-order valence-electron chi connectivity index (χ4n) is 2.71. The Morgan fingerprint density at radius 2 is 2.16 bits per heavy atom. The number of rotatable bonds is 6. The third kappa shape index (κ3) is 4.51. The molecule has 19 heavy (non-hydrogen) atoms. The van der Waals surface area contributed by atoms with Crippen LogP contribution in [0, 0.1) is 0 Å². The van der Waals surface area contributed by atoms with Crippen LogP contribution >= 0.6 is 11.8 Å². The highest BCUT2D eigenvalue weighted by molar-refractivity contribution is 7.99. The Kier molecular flexibility index (Phi) is 6.21. The van der Waals surface area contributed by atoms with E-state index in [-0.39, 0.29) is 0 Å². The van der Waals surface area contributed by atoms with Crippen LogP contribution in [0.2, 0.25) is 0 Å². The van der Waals surface area contributed by atoms with E-state index in [1.165, 1.54) is 36.6 Å². The van der Waals surface area contributed by atoms with Crippen molar-refractivity contribution in [3.8, 4) is 0 Å². The first-order valence-electron chi connectivity index (χ1n) is 7.41. The van der Waals surface area contributed by atoms with E-state index in [0.29, 0.717) is 6.04 Å². The second-order valence-corrected chi connectivity index (χ2v) is 6.42. The van der Waals surface area contributed by atoms with Gasteiger partial charge in [0.1, 0.15) is 0 Å². The first-order valence-corrected chi connectivity index (χ1v) is 8.57. The van der Waals surface area contributed by atoms with E-state index in [0.717, 1.165) is 12.6 Å². The van der Waals surface area contributed by atoms with Crippen LogP contribution < -0.4 is 5.32 Å². The summed E-state index contributed by atoms with van der Waals surface area (Å²) in [6.45, 7) is 8.03. The predicted octanol–water partition coefficient (Wildman–Crippen LogP) is 3.16. The molecule has 1 heterocycles. The van der Waals surface area contributed by atoms with Crippen LogP contribution in [0.4, 0.5) is 0 Å². The topological polar surface area (TPSA) is 15.3 Å². The standard InChI is InChI=1S/C16H26N2S/c1-3-17-16(15-7-5-4-6-8-15)9-10-18-11-12-19-13-14(18)2/h4-8,14,16-17H,3,9-13H2,1-2H3. The average molecular weight is 278 g/mol. The molecule has 1 fully saturated rings. The molecule has 1 aromatic carbocycles. The molecule has 0 spiro atoms. The lowest BCUT2D eigenvalue weighted by molar-refractivity contribution is 0.219. The van der Waals surface area contributed by atoms with Crippen LogP contribution in [0.15, 0.2) is 30.3 Å². The summed E-state index contributed by atoms with van der Waals surface area (Å²) < 4.78 is 0. The molecule has 2 nitrogen and oxygen atoms in total. The number of hydrogen-bond donors (Lipinski definition) is 1. The van der Waals surface area contributed by atoms with Gasteiger partial charge in [0.15, 0.2) is 0 Å². The third-order valence-electron chi connectivity index (χ3n) is 3.86. The summed E-state index contributed by atoms with van der Waals surface area (Å²) in [5.74, 6) is 2.58. The molecule has 1 aromatic rings. The second kappa shape index (κ2) is 7.93. The maximum Gasteiger partial charge on any atom is 0.0332 e. The van der Waals surface area contributed by atoms with Gasteiger partial charge in [0.2, 0.25) is 0 Å². The van der Waals surface area contributed by atoms with Gasteiger partial charge in [-0.15, -0.1) is 0 Å². The van der Waals surface area contributed by atoms with Crippen LogP contribution in [-0.2, 0) is 0 Å². The van der Waals surface area contributed by atoms with E-state index in [1.807, 2.05) is 0 Å². The molecule has 2 rings (SSSR count). The van der Waals surface area contributed by atoms with Crippen LogP contribution in [0.3, 0.4) is 0 Å². The van der Waals surface area contributed by atoms with Crippen molar-refractivity contribution < 1.29 is 0 Å². The van der Waals surface area contributed by atoms with E-state index in [1.54, 1.807) is 0 Å². The highest BCUT2D eigenvalue weighted by atomic mass is 32.2. The Bertz CT molecular complexity index is 355. The molecule has 0 aliphatic carbocycles. The van der Waals surface area contributed by atoms with Gasteiger partial charge in [-0.05, 0) is 25.5 Å². The van der Waals surface area contributed by atoms with Gasteiger partial charge in [0.25, 0.3) is 0 Å². The Hall–Kier alpha value is -0.510. The smallest absolute Gasteiger partial charge is 0.0332 e. The monoisotopic (exact) mass is 278 g/mol. The van der Waals surface area contributed by atoms with E-state index in [9.17, 15) is 0 Å². The van der Waals surface area contributed by atoms with E-state index in [2.05, 4.69) is 66.2 Å². The normalized spacial score (nSPS) is 22.3. The van der Waals surface area contributed by atoms with Gasteiger partial charge >= 0.3 is 0 Å². The van der Waals surface area contributed by atoms with Gasteiger partial charge in [-0.1, -0.05) is 37.3 Å². The van der Waals surface area contributed by atoms with Gasteiger partial charge in [-0.3, -0.25) is 4.90 Å². The summed E-state index contributed by atoms with van der Waals surface area (Å²) in [7, 11) is 0. The molecule has 1 aliphatic rings. The zero-order chi connectivity index (χ0) is 13.5. The fraction of sp³-hybridized carbons (Fsp3) is 0.625. The first-order chi connectivity index (χ1) is 9.31. The van der Waals surface area contributed by atoms with Crippen LogP contribution in [0.5, 0.6) is 0 Å². The van der Waals surface area contributed by atoms with Crippen molar-refractivity contribution in [2.45, 2.75) is 32.4 Å². The SMILES string of the molecule is CCNC(CCN1CCSCC1C)c1ccccc1. The lowest BCUT2D eigenvalue weighted by atomic mass is 10.0. The molecule has 0 bridgehead atoms. The van der Waals surface area contributed by atoms with Crippen molar-refractivity contribution in [1.29, 1.82) is 0 Å². The second-order valence-electron chi connectivity index (χ2n) is 5.27.